The molecular formula is C15H20FNO. The predicted octanol–water partition coefficient (Wildman–Crippen LogP) is 3.33. The average Bonchev–Trinajstić information content (AvgIpc) is 2.64. The van der Waals surface area contributed by atoms with Gasteiger partial charge in [-0.3, -0.25) is 4.79 Å². The minimum absolute atomic E-state index is 0.200. The number of likely N-dealkylation sites (tertiary alicyclic amines) is 1. The van der Waals surface area contributed by atoms with Crippen molar-refractivity contribution in [3.05, 3.63) is 35.6 Å². The second kappa shape index (κ2) is 5.98. The summed E-state index contributed by atoms with van der Waals surface area (Å²) >= 11 is 0. The maximum Gasteiger partial charge on any atom is 0.222 e. The van der Waals surface area contributed by atoms with Crippen molar-refractivity contribution in [3.8, 4) is 0 Å². The molecule has 1 aromatic carbocycles. The highest BCUT2D eigenvalue weighted by molar-refractivity contribution is 5.75. The van der Waals surface area contributed by atoms with E-state index in [1.54, 1.807) is 0 Å². The van der Waals surface area contributed by atoms with Crippen molar-refractivity contribution in [2.24, 2.45) is 0 Å². The van der Waals surface area contributed by atoms with Gasteiger partial charge in [-0.25, -0.2) is 4.39 Å². The molecule has 1 unspecified atom stereocenters. The number of hydrogen-bond acceptors (Lipinski definition) is 1. The monoisotopic (exact) mass is 249 g/mol. The Morgan fingerprint density at radius 3 is 2.72 bits per heavy atom. The number of halogens is 1. The van der Waals surface area contributed by atoms with Gasteiger partial charge in [0.2, 0.25) is 5.91 Å². The van der Waals surface area contributed by atoms with Crippen LogP contribution in [0.3, 0.4) is 0 Å². The standard InChI is InChI=1S/C15H20FNO/c1-2-15(18)17-10-4-3-5-13(11-17)12-6-8-14(16)9-7-12/h6-9,13H,2-5,10-11H2,1H3. The maximum absolute atomic E-state index is 12.9. The van der Waals surface area contributed by atoms with Crippen LogP contribution in [0.1, 0.15) is 44.1 Å². The Balaban J connectivity index is 2.11. The minimum atomic E-state index is -0.200. The average molecular weight is 249 g/mol. The van der Waals surface area contributed by atoms with Crippen molar-refractivity contribution in [1.29, 1.82) is 0 Å². The highest BCUT2D eigenvalue weighted by Gasteiger charge is 2.22. The molecule has 1 aliphatic heterocycles. The molecule has 0 aromatic heterocycles. The Morgan fingerprint density at radius 1 is 1.33 bits per heavy atom. The zero-order valence-corrected chi connectivity index (χ0v) is 10.9. The second-order valence-electron chi connectivity index (χ2n) is 4.94. The van der Waals surface area contributed by atoms with E-state index in [-0.39, 0.29) is 11.7 Å². The molecule has 0 N–H and O–H groups in total. The summed E-state index contributed by atoms with van der Waals surface area (Å²) in [5.74, 6) is 0.376. The lowest BCUT2D eigenvalue weighted by Crippen LogP contribution is -2.33. The van der Waals surface area contributed by atoms with Gasteiger partial charge in [-0.15, -0.1) is 0 Å². The molecule has 2 rings (SSSR count). The molecule has 1 aliphatic rings. The van der Waals surface area contributed by atoms with E-state index >= 15 is 0 Å². The van der Waals surface area contributed by atoms with Crippen molar-refractivity contribution in [3.63, 3.8) is 0 Å². The third-order valence-electron chi connectivity index (χ3n) is 3.67. The Labute approximate surface area is 108 Å². The van der Waals surface area contributed by atoms with Crippen LogP contribution in [-0.2, 0) is 4.79 Å². The van der Waals surface area contributed by atoms with Crippen LogP contribution >= 0.6 is 0 Å². The van der Waals surface area contributed by atoms with Gasteiger partial charge in [0.1, 0.15) is 5.82 Å². The third kappa shape index (κ3) is 3.09. The summed E-state index contributed by atoms with van der Waals surface area (Å²) in [7, 11) is 0. The first kappa shape index (κ1) is 13.1. The normalized spacial score (nSPS) is 20.6. The molecule has 1 amide bonds. The fraction of sp³-hybridized carbons (Fsp3) is 0.533. The summed E-state index contributed by atoms with van der Waals surface area (Å²) in [5, 5.41) is 0. The Hall–Kier alpha value is -1.38. The van der Waals surface area contributed by atoms with Crippen molar-refractivity contribution in [2.75, 3.05) is 13.1 Å². The summed E-state index contributed by atoms with van der Waals surface area (Å²) in [6.45, 7) is 3.54. The first-order valence-electron chi connectivity index (χ1n) is 6.74. The van der Waals surface area contributed by atoms with E-state index in [1.165, 1.54) is 12.1 Å². The van der Waals surface area contributed by atoms with Gasteiger partial charge in [0.25, 0.3) is 0 Å². The second-order valence-corrected chi connectivity index (χ2v) is 4.94. The number of benzene rings is 1. The number of nitrogens with zero attached hydrogens (tertiary/aromatic N) is 1. The van der Waals surface area contributed by atoms with Crippen LogP contribution < -0.4 is 0 Å². The van der Waals surface area contributed by atoms with Crippen molar-refractivity contribution < 1.29 is 9.18 Å². The van der Waals surface area contributed by atoms with E-state index in [2.05, 4.69) is 0 Å². The number of rotatable bonds is 2. The van der Waals surface area contributed by atoms with Gasteiger partial charge in [0, 0.05) is 25.4 Å². The summed E-state index contributed by atoms with van der Waals surface area (Å²) in [5.41, 5.74) is 1.15. The molecule has 0 radical (unpaired) electrons. The van der Waals surface area contributed by atoms with Gasteiger partial charge in [-0.1, -0.05) is 25.5 Å². The van der Waals surface area contributed by atoms with E-state index in [4.69, 9.17) is 0 Å². The zero-order chi connectivity index (χ0) is 13.0. The number of carbonyl (C=O) groups excluding carboxylic acids is 1. The smallest absolute Gasteiger partial charge is 0.222 e. The van der Waals surface area contributed by atoms with Gasteiger partial charge >= 0.3 is 0 Å². The lowest BCUT2D eigenvalue weighted by atomic mass is 9.94. The van der Waals surface area contributed by atoms with Gasteiger partial charge in [0.15, 0.2) is 0 Å². The molecule has 1 atom stereocenters. The summed E-state index contributed by atoms with van der Waals surface area (Å²) in [6, 6.07) is 6.71. The highest BCUT2D eigenvalue weighted by atomic mass is 19.1. The van der Waals surface area contributed by atoms with E-state index in [0.29, 0.717) is 12.3 Å². The van der Waals surface area contributed by atoms with Crippen LogP contribution in [0.5, 0.6) is 0 Å². The maximum atomic E-state index is 12.9. The van der Waals surface area contributed by atoms with Crippen molar-refractivity contribution in [1.82, 2.24) is 4.90 Å². The molecule has 0 bridgehead atoms. The molecule has 1 fully saturated rings. The molecule has 3 heteroatoms. The first-order valence-corrected chi connectivity index (χ1v) is 6.74. The Kier molecular flexibility index (Phi) is 4.34. The van der Waals surface area contributed by atoms with Crippen LogP contribution in [0.4, 0.5) is 4.39 Å². The van der Waals surface area contributed by atoms with E-state index < -0.39 is 0 Å². The molecule has 0 saturated carbocycles. The molecule has 2 nitrogen and oxygen atoms in total. The lowest BCUT2D eigenvalue weighted by Gasteiger charge is -2.24. The van der Waals surface area contributed by atoms with Gasteiger partial charge in [-0.05, 0) is 30.5 Å². The molecule has 18 heavy (non-hydrogen) atoms. The SMILES string of the molecule is CCC(=O)N1CCCCC(c2ccc(F)cc2)C1. The number of carbonyl (C=O) groups is 1. The van der Waals surface area contributed by atoms with Crippen LogP contribution in [0.15, 0.2) is 24.3 Å². The zero-order valence-electron chi connectivity index (χ0n) is 10.9. The van der Waals surface area contributed by atoms with Gasteiger partial charge < -0.3 is 4.90 Å². The number of hydrogen-bond donors (Lipinski definition) is 0. The van der Waals surface area contributed by atoms with Gasteiger partial charge in [0.05, 0.1) is 0 Å². The Morgan fingerprint density at radius 2 is 2.06 bits per heavy atom. The summed E-state index contributed by atoms with van der Waals surface area (Å²) < 4.78 is 12.9. The molecule has 1 heterocycles. The van der Waals surface area contributed by atoms with Crippen molar-refractivity contribution >= 4 is 5.91 Å². The molecule has 1 saturated heterocycles. The van der Waals surface area contributed by atoms with Crippen LogP contribution in [0.25, 0.3) is 0 Å². The molecular weight excluding hydrogens is 229 g/mol. The fourth-order valence-corrected chi connectivity index (χ4v) is 2.60. The van der Waals surface area contributed by atoms with Crippen LogP contribution in [-0.4, -0.2) is 23.9 Å². The molecule has 1 aromatic rings. The third-order valence-corrected chi connectivity index (χ3v) is 3.67. The summed E-state index contributed by atoms with van der Waals surface area (Å²) in [6.07, 6.45) is 3.86. The fourth-order valence-electron chi connectivity index (χ4n) is 2.60. The van der Waals surface area contributed by atoms with E-state index in [1.807, 2.05) is 24.0 Å². The quantitative estimate of drug-likeness (QED) is 0.787. The van der Waals surface area contributed by atoms with Crippen LogP contribution in [0, 0.1) is 5.82 Å². The number of amides is 1. The highest BCUT2D eigenvalue weighted by Crippen LogP contribution is 2.26. The van der Waals surface area contributed by atoms with Gasteiger partial charge in [-0.2, -0.15) is 0 Å². The lowest BCUT2D eigenvalue weighted by molar-refractivity contribution is -0.130. The van der Waals surface area contributed by atoms with Crippen LogP contribution in [0.2, 0.25) is 0 Å². The first-order chi connectivity index (χ1) is 8.70. The Bertz CT molecular complexity index is 401. The minimum Gasteiger partial charge on any atom is -0.342 e. The molecule has 0 aliphatic carbocycles. The van der Waals surface area contributed by atoms with Crippen molar-refractivity contribution in [2.45, 2.75) is 38.5 Å². The molecule has 98 valence electrons. The predicted molar refractivity (Wildman–Crippen MR) is 69.9 cm³/mol. The topological polar surface area (TPSA) is 20.3 Å². The van der Waals surface area contributed by atoms with E-state index in [9.17, 15) is 9.18 Å². The van der Waals surface area contributed by atoms with E-state index in [0.717, 1.165) is 37.9 Å². The molecule has 0 spiro atoms. The largest absolute Gasteiger partial charge is 0.342 e. The summed E-state index contributed by atoms with van der Waals surface area (Å²) in [4.78, 5) is 13.8.